The number of amides is 1. The van der Waals surface area contributed by atoms with Crippen molar-refractivity contribution >= 4 is 22.4 Å². The third-order valence-corrected chi connectivity index (χ3v) is 6.86. The predicted octanol–water partition coefficient (Wildman–Crippen LogP) is 2.06. The highest BCUT2D eigenvalue weighted by atomic mass is 32.1. The minimum atomic E-state index is -0.797. The van der Waals surface area contributed by atoms with E-state index >= 15 is 0 Å². The number of carbonyl (C=O) groups is 1. The second-order valence-electron chi connectivity index (χ2n) is 7.68. The number of nitrogens with one attached hydrogen (secondary N) is 1. The zero-order valence-corrected chi connectivity index (χ0v) is 16.1. The maximum Gasteiger partial charge on any atom is 0.253 e. The first-order valence-corrected chi connectivity index (χ1v) is 10.2. The fraction of sp³-hybridized carbons (Fsp3) is 0.579. The molecule has 0 radical (unpaired) electrons. The van der Waals surface area contributed by atoms with Crippen molar-refractivity contribution in [1.29, 1.82) is 0 Å². The number of carbonyl (C=O) groups excluding carboxylic acids is 1. The molecule has 7 heteroatoms. The summed E-state index contributed by atoms with van der Waals surface area (Å²) in [6.45, 7) is 7.49. The third kappa shape index (κ3) is 3.43. The zero-order valence-electron chi connectivity index (χ0n) is 15.3. The fourth-order valence-electron chi connectivity index (χ4n) is 3.90. The van der Waals surface area contributed by atoms with E-state index in [1.807, 2.05) is 6.20 Å². The molecule has 0 aliphatic carbocycles. The summed E-state index contributed by atoms with van der Waals surface area (Å²) in [6, 6.07) is 0.229. The lowest BCUT2D eigenvalue weighted by molar-refractivity contribution is -0.119. The van der Waals surface area contributed by atoms with Gasteiger partial charge in [-0.25, -0.2) is 4.98 Å². The Morgan fingerprint density at radius 3 is 2.77 bits per heavy atom. The average molecular weight is 375 g/mol. The number of aliphatic hydroxyl groups excluding tert-OH is 1. The van der Waals surface area contributed by atoms with Gasteiger partial charge in [-0.3, -0.25) is 9.69 Å². The molecule has 1 amide bonds. The minimum Gasteiger partial charge on any atom is -0.369 e. The van der Waals surface area contributed by atoms with Crippen LogP contribution in [-0.2, 0) is 4.79 Å². The van der Waals surface area contributed by atoms with Crippen LogP contribution in [0.1, 0.15) is 37.5 Å². The molecule has 5 rings (SSSR count). The first kappa shape index (κ1) is 17.7. The van der Waals surface area contributed by atoms with Crippen molar-refractivity contribution in [3.8, 4) is 0 Å². The van der Waals surface area contributed by atoms with Gasteiger partial charge in [0.25, 0.3) is 5.91 Å². The highest BCUT2D eigenvalue weighted by molar-refractivity contribution is 7.15. The molecule has 1 aromatic heterocycles. The Morgan fingerprint density at radius 1 is 1.38 bits per heavy atom. The minimum absolute atomic E-state index is 0.0717. The van der Waals surface area contributed by atoms with Crippen molar-refractivity contribution < 1.29 is 9.90 Å². The quantitative estimate of drug-likeness (QED) is 0.844. The number of fused-ring (bicyclic) bond motifs is 3. The van der Waals surface area contributed by atoms with Crippen LogP contribution in [0.4, 0.5) is 5.13 Å². The van der Waals surface area contributed by atoms with Crippen molar-refractivity contribution in [1.82, 2.24) is 15.2 Å². The molecule has 3 saturated heterocycles. The molecular formula is C19H26N4O2S. The second-order valence-corrected chi connectivity index (χ2v) is 8.72. The van der Waals surface area contributed by atoms with Crippen LogP contribution in [0.15, 0.2) is 30.1 Å². The SMILES string of the molecule is CC(C)c1cnc(N2C=C(C(=O)NC3CN4CCC3CC4)C=CC2O)s1. The summed E-state index contributed by atoms with van der Waals surface area (Å²) in [5.41, 5.74) is 0.563. The van der Waals surface area contributed by atoms with Gasteiger partial charge in [0.1, 0.15) is 0 Å². The van der Waals surface area contributed by atoms with Gasteiger partial charge in [-0.15, -0.1) is 11.3 Å². The van der Waals surface area contributed by atoms with Gasteiger partial charge in [-0.2, -0.15) is 0 Å². The molecule has 0 spiro atoms. The van der Waals surface area contributed by atoms with Crippen molar-refractivity contribution in [2.45, 2.75) is 44.9 Å². The molecule has 0 saturated carbocycles. The first-order chi connectivity index (χ1) is 12.5. The van der Waals surface area contributed by atoms with Gasteiger partial charge in [0.15, 0.2) is 11.4 Å². The second kappa shape index (κ2) is 7.13. The summed E-state index contributed by atoms with van der Waals surface area (Å²) in [7, 11) is 0. The molecule has 2 bridgehead atoms. The van der Waals surface area contributed by atoms with E-state index in [-0.39, 0.29) is 11.9 Å². The van der Waals surface area contributed by atoms with Gasteiger partial charge >= 0.3 is 0 Å². The first-order valence-electron chi connectivity index (χ1n) is 9.36. The van der Waals surface area contributed by atoms with Gasteiger partial charge in [-0.05, 0) is 49.9 Å². The Labute approximate surface area is 158 Å². The molecule has 4 aliphatic heterocycles. The predicted molar refractivity (Wildman–Crippen MR) is 103 cm³/mol. The van der Waals surface area contributed by atoms with E-state index in [4.69, 9.17) is 0 Å². The Kier molecular flexibility index (Phi) is 4.86. The van der Waals surface area contributed by atoms with Crippen LogP contribution in [0.2, 0.25) is 0 Å². The molecule has 2 atom stereocenters. The van der Waals surface area contributed by atoms with Crippen LogP contribution in [-0.4, -0.2) is 52.8 Å². The van der Waals surface area contributed by atoms with E-state index in [9.17, 15) is 9.90 Å². The molecule has 6 nitrogen and oxygen atoms in total. The molecule has 4 aliphatic rings. The number of thiazole rings is 1. The topological polar surface area (TPSA) is 68.7 Å². The van der Waals surface area contributed by atoms with Crippen molar-refractivity contribution in [2.24, 2.45) is 5.92 Å². The highest BCUT2D eigenvalue weighted by Crippen LogP contribution is 2.31. The summed E-state index contributed by atoms with van der Waals surface area (Å²) in [5, 5.41) is 14.2. The van der Waals surface area contributed by atoms with Gasteiger partial charge < -0.3 is 15.3 Å². The molecule has 5 heterocycles. The number of aliphatic hydroxyl groups is 1. The lowest BCUT2D eigenvalue weighted by Crippen LogP contribution is -2.57. The van der Waals surface area contributed by atoms with E-state index in [0.29, 0.717) is 22.5 Å². The monoisotopic (exact) mass is 374 g/mol. The van der Waals surface area contributed by atoms with E-state index in [2.05, 4.69) is 29.0 Å². The van der Waals surface area contributed by atoms with Crippen LogP contribution < -0.4 is 10.2 Å². The molecular weight excluding hydrogens is 348 g/mol. The van der Waals surface area contributed by atoms with Gasteiger partial charge in [0.05, 0.1) is 5.57 Å². The maximum atomic E-state index is 12.8. The Bertz CT molecular complexity index is 734. The number of hydrogen-bond acceptors (Lipinski definition) is 6. The van der Waals surface area contributed by atoms with Gasteiger partial charge in [0.2, 0.25) is 0 Å². The van der Waals surface area contributed by atoms with Crippen LogP contribution in [0.25, 0.3) is 0 Å². The number of rotatable bonds is 4. The van der Waals surface area contributed by atoms with Gasteiger partial charge in [0, 0.05) is 29.9 Å². The molecule has 3 fully saturated rings. The zero-order chi connectivity index (χ0) is 18.3. The number of hydrogen-bond donors (Lipinski definition) is 2. The summed E-state index contributed by atoms with van der Waals surface area (Å²) in [5.74, 6) is 0.908. The molecule has 1 aromatic rings. The van der Waals surface area contributed by atoms with Crippen LogP contribution in [0, 0.1) is 5.92 Å². The van der Waals surface area contributed by atoms with Crippen LogP contribution in [0.3, 0.4) is 0 Å². The van der Waals surface area contributed by atoms with E-state index in [1.54, 1.807) is 34.6 Å². The van der Waals surface area contributed by atoms with Crippen molar-refractivity contribution in [3.63, 3.8) is 0 Å². The number of nitrogens with zero attached hydrogens (tertiary/aromatic N) is 3. The molecule has 26 heavy (non-hydrogen) atoms. The lowest BCUT2D eigenvalue weighted by atomic mass is 9.84. The third-order valence-electron chi connectivity index (χ3n) is 5.55. The molecule has 2 N–H and O–H groups in total. The number of piperidine rings is 3. The molecule has 140 valence electrons. The summed E-state index contributed by atoms with van der Waals surface area (Å²) >= 11 is 1.55. The Hall–Kier alpha value is -1.70. The van der Waals surface area contributed by atoms with E-state index in [1.165, 1.54) is 12.8 Å². The largest absolute Gasteiger partial charge is 0.369 e. The average Bonchev–Trinajstić information content (AvgIpc) is 3.13. The van der Waals surface area contributed by atoms with Crippen LogP contribution >= 0.6 is 11.3 Å². The smallest absolute Gasteiger partial charge is 0.253 e. The molecule has 0 aromatic carbocycles. The summed E-state index contributed by atoms with van der Waals surface area (Å²) < 4.78 is 0. The number of anilines is 1. The lowest BCUT2D eigenvalue weighted by Gasteiger charge is -2.45. The molecule has 2 unspecified atom stereocenters. The summed E-state index contributed by atoms with van der Waals surface area (Å²) in [6.07, 6.45) is 8.44. The van der Waals surface area contributed by atoms with Crippen molar-refractivity contribution in [3.05, 3.63) is 35.0 Å². The Morgan fingerprint density at radius 2 is 2.15 bits per heavy atom. The maximum absolute atomic E-state index is 12.8. The summed E-state index contributed by atoms with van der Waals surface area (Å²) in [4.78, 5) is 22.4. The fourth-order valence-corrected chi connectivity index (χ4v) is 4.82. The van der Waals surface area contributed by atoms with Crippen LogP contribution in [0.5, 0.6) is 0 Å². The van der Waals surface area contributed by atoms with E-state index < -0.39 is 6.23 Å². The normalized spacial score (nSPS) is 30.6. The Balaban J connectivity index is 1.48. The highest BCUT2D eigenvalue weighted by Gasteiger charge is 2.35. The van der Waals surface area contributed by atoms with E-state index in [0.717, 1.165) is 24.5 Å². The van der Waals surface area contributed by atoms with Gasteiger partial charge in [-0.1, -0.05) is 13.8 Å². The van der Waals surface area contributed by atoms with Crippen molar-refractivity contribution in [2.75, 3.05) is 24.5 Å². The standard InChI is InChI=1S/C19H26N4O2S/c1-12(2)16-9-20-19(26-16)23-10-14(3-4-17(23)24)18(25)21-15-11-22-7-5-13(15)6-8-22/h3-4,9-10,12-13,15,17,24H,5-8,11H2,1-2H3,(H,21,25). The number of aromatic nitrogens is 1.